The number of rotatable bonds is 5. The number of nitrogens with zero attached hydrogens (tertiary/aromatic N) is 1. The molecule has 0 radical (unpaired) electrons. The zero-order chi connectivity index (χ0) is 20.5. The Balaban J connectivity index is 1.44. The van der Waals surface area contributed by atoms with Crippen molar-refractivity contribution in [3.8, 4) is 0 Å². The molecule has 0 aliphatic carbocycles. The van der Waals surface area contributed by atoms with Crippen molar-refractivity contribution in [2.75, 3.05) is 5.32 Å². The van der Waals surface area contributed by atoms with Gasteiger partial charge in [-0.3, -0.25) is 9.78 Å². The summed E-state index contributed by atoms with van der Waals surface area (Å²) in [7, 11) is 0. The smallest absolute Gasteiger partial charge is 0.197 e. The molecule has 0 unspecified atom stereocenters. The van der Waals surface area contributed by atoms with Gasteiger partial charge in [-0.1, -0.05) is 24.3 Å². The fraction of sp³-hybridized carbons (Fsp3) is 0.0400. The van der Waals surface area contributed by atoms with Gasteiger partial charge in [-0.05, 0) is 54.1 Å². The predicted octanol–water partition coefficient (Wildman–Crippen LogP) is 5.70. The van der Waals surface area contributed by atoms with Crippen molar-refractivity contribution in [2.24, 2.45) is 0 Å². The van der Waals surface area contributed by atoms with Crippen LogP contribution in [0.1, 0.15) is 21.5 Å². The van der Waals surface area contributed by atoms with Gasteiger partial charge >= 0.3 is 0 Å². The van der Waals surface area contributed by atoms with E-state index < -0.39 is 0 Å². The van der Waals surface area contributed by atoms with Crippen LogP contribution in [0.4, 0.5) is 10.1 Å². The predicted molar refractivity (Wildman–Crippen MR) is 117 cm³/mol. The lowest BCUT2D eigenvalue weighted by Crippen LogP contribution is -2.08. The van der Waals surface area contributed by atoms with Crippen molar-refractivity contribution in [1.29, 1.82) is 0 Å². The van der Waals surface area contributed by atoms with E-state index in [9.17, 15) is 9.18 Å². The lowest BCUT2D eigenvalue weighted by Gasteiger charge is -2.12. The molecule has 0 spiro atoms. The minimum atomic E-state index is -0.367. The van der Waals surface area contributed by atoms with Gasteiger partial charge in [0.15, 0.2) is 5.78 Å². The summed E-state index contributed by atoms with van der Waals surface area (Å²) in [6, 6.07) is 21.8. The van der Waals surface area contributed by atoms with Gasteiger partial charge in [0.05, 0.1) is 5.52 Å². The van der Waals surface area contributed by atoms with E-state index in [2.05, 4.69) is 21.4 Å². The molecule has 0 saturated heterocycles. The molecule has 0 fully saturated rings. The number of ketones is 1. The molecule has 146 valence electrons. The van der Waals surface area contributed by atoms with Crippen molar-refractivity contribution < 1.29 is 9.18 Å². The Bertz CT molecular complexity index is 1390. The third-order valence-corrected chi connectivity index (χ3v) is 5.21. The van der Waals surface area contributed by atoms with E-state index in [1.54, 1.807) is 24.5 Å². The van der Waals surface area contributed by atoms with Gasteiger partial charge in [0.2, 0.25) is 0 Å². The first-order valence-electron chi connectivity index (χ1n) is 9.67. The second kappa shape index (κ2) is 7.44. The standard InChI is InChI=1S/C25H18FN3O/c26-18-8-10-24-20(13-18)21(15-29-24)25(30)19-5-1-2-6-23(19)28-14-16-7-9-22-17(12-16)4-3-11-27-22/h1-13,15,28-29H,14H2. The van der Waals surface area contributed by atoms with Crippen LogP contribution in [0.25, 0.3) is 21.8 Å². The number of carbonyl (C=O) groups excluding carboxylic acids is 1. The second-order valence-corrected chi connectivity index (χ2v) is 7.15. The van der Waals surface area contributed by atoms with Gasteiger partial charge < -0.3 is 10.3 Å². The number of para-hydroxylation sites is 1. The summed E-state index contributed by atoms with van der Waals surface area (Å²) in [4.78, 5) is 20.6. The highest BCUT2D eigenvalue weighted by atomic mass is 19.1. The summed E-state index contributed by atoms with van der Waals surface area (Å²) in [5.74, 6) is -0.522. The number of H-pyrrole nitrogens is 1. The molecule has 0 amide bonds. The summed E-state index contributed by atoms with van der Waals surface area (Å²) in [5, 5.41) is 5.02. The molecule has 2 aromatic heterocycles. The van der Waals surface area contributed by atoms with Gasteiger partial charge in [-0.25, -0.2) is 4.39 Å². The van der Waals surface area contributed by atoms with Crippen LogP contribution in [0.5, 0.6) is 0 Å². The lowest BCUT2D eigenvalue weighted by molar-refractivity contribution is 0.104. The summed E-state index contributed by atoms with van der Waals surface area (Å²) in [6.07, 6.45) is 3.41. The molecule has 2 N–H and O–H groups in total. The molecular weight excluding hydrogens is 377 g/mol. The molecule has 3 aromatic carbocycles. The van der Waals surface area contributed by atoms with Crippen LogP contribution < -0.4 is 5.32 Å². The van der Waals surface area contributed by atoms with Crippen LogP contribution in [0.2, 0.25) is 0 Å². The summed E-state index contributed by atoms with van der Waals surface area (Å²) >= 11 is 0. The maximum atomic E-state index is 13.7. The van der Waals surface area contributed by atoms with E-state index in [1.165, 1.54) is 12.1 Å². The van der Waals surface area contributed by atoms with Crippen molar-refractivity contribution in [3.63, 3.8) is 0 Å². The highest BCUT2D eigenvalue weighted by Gasteiger charge is 2.17. The summed E-state index contributed by atoms with van der Waals surface area (Å²) in [6.45, 7) is 0.567. The average molecular weight is 395 g/mol. The molecule has 0 bridgehead atoms. The number of halogens is 1. The van der Waals surface area contributed by atoms with E-state index in [0.717, 1.165) is 27.7 Å². The van der Waals surface area contributed by atoms with Gasteiger partial charge in [0, 0.05) is 52.0 Å². The van der Waals surface area contributed by atoms with Gasteiger partial charge in [-0.2, -0.15) is 0 Å². The molecule has 2 heterocycles. The largest absolute Gasteiger partial charge is 0.380 e. The average Bonchev–Trinajstić information content (AvgIpc) is 3.20. The Morgan fingerprint density at radius 2 is 1.87 bits per heavy atom. The van der Waals surface area contributed by atoms with Crippen LogP contribution in [0.3, 0.4) is 0 Å². The highest BCUT2D eigenvalue weighted by Crippen LogP contribution is 2.26. The molecule has 0 atom stereocenters. The van der Waals surface area contributed by atoms with Crippen LogP contribution >= 0.6 is 0 Å². The lowest BCUT2D eigenvalue weighted by atomic mass is 10.0. The molecule has 4 nitrogen and oxygen atoms in total. The van der Waals surface area contributed by atoms with Crippen molar-refractivity contribution in [2.45, 2.75) is 6.54 Å². The normalized spacial score (nSPS) is 11.1. The summed E-state index contributed by atoms with van der Waals surface area (Å²) < 4.78 is 13.7. The Kier molecular flexibility index (Phi) is 4.48. The topological polar surface area (TPSA) is 57.8 Å². The molecule has 0 aliphatic rings. The quantitative estimate of drug-likeness (QED) is 0.375. The molecule has 0 saturated carbocycles. The number of anilines is 1. The SMILES string of the molecule is O=C(c1ccccc1NCc1ccc2ncccc2c1)c1c[nH]c2ccc(F)cc12. The van der Waals surface area contributed by atoms with E-state index in [0.29, 0.717) is 23.1 Å². The van der Waals surface area contributed by atoms with Gasteiger partial charge in [-0.15, -0.1) is 0 Å². The van der Waals surface area contributed by atoms with Crippen LogP contribution in [-0.2, 0) is 6.54 Å². The van der Waals surface area contributed by atoms with E-state index in [-0.39, 0.29) is 11.6 Å². The fourth-order valence-corrected chi connectivity index (χ4v) is 3.69. The maximum absolute atomic E-state index is 13.7. The monoisotopic (exact) mass is 395 g/mol. The number of fused-ring (bicyclic) bond motifs is 2. The zero-order valence-corrected chi connectivity index (χ0v) is 16.0. The highest BCUT2D eigenvalue weighted by molar-refractivity contribution is 6.18. The minimum absolute atomic E-state index is 0.155. The van der Waals surface area contributed by atoms with Gasteiger partial charge in [0.25, 0.3) is 0 Å². The molecule has 5 aromatic rings. The number of nitrogens with one attached hydrogen (secondary N) is 2. The zero-order valence-electron chi connectivity index (χ0n) is 16.0. The van der Waals surface area contributed by atoms with Crippen LogP contribution in [-0.4, -0.2) is 15.8 Å². The number of benzene rings is 3. The number of carbonyl (C=O) groups is 1. The third-order valence-electron chi connectivity index (χ3n) is 5.21. The van der Waals surface area contributed by atoms with E-state index >= 15 is 0 Å². The number of pyridine rings is 1. The Morgan fingerprint density at radius 3 is 2.80 bits per heavy atom. The second-order valence-electron chi connectivity index (χ2n) is 7.15. The van der Waals surface area contributed by atoms with E-state index in [4.69, 9.17) is 0 Å². The third kappa shape index (κ3) is 3.31. The first-order valence-corrected chi connectivity index (χ1v) is 9.67. The number of hydrogen-bond donors (Lipinski definition) is 2. The van der Waals surface area contributed by atoms with E-state index in [1.807, 2.05) is 42.5 Å². The molecule has 5 rings (SSSR count). The molecule has 5 heteroatoms. The number of aromatic nitrogens is 2. The van der Waals surface area contributed by atoms with Crippen molar-refractivity contribution >= 4 is 33.3 Å². The summed E-state index contributed by atoms with van der Waals surface area (Å²) in [5.41, 5.74) is 4.51. The van der Waals surface area contributed by atoms with Crippen molar-refractivity contribution in [3.05, 3.63) is 108 Å². The van der Waals surface area contributed by atoms with Crippen LogP contribution in [0.15, 0.2) is 85.2 Å². The Hall–Kier alpha value is -3.99. The van der Waals surface area contributed by atoms with Gasteiger partial charge in [0.1, 0.15) is 5.82 Å². The molecular formula is C25H18FN3O. The number of aromatic amines is 1. The molecule has 30 heavy (non-hydrogen) atoms. The minimum Gasteiger partial charge on any atom is -0.380 e. The molecule has 0 aliphatic heterocycles. The number of hydrogen-bond acceptors (Lipinski definition) is 3. The Labute approximate surface area is 172 Å². The Morgan fingerprint density at radius 1 is 0.967 bits per heavy atom. The van der Waals surface area contributed by atoms with Crippen LogP contribution in [0, 0.1) is 5.82 Å². The first-order chi connectivity index (χ1) is 14.7. The maximum Gasteiger partial charge on any atom is 0.197 e. The van der Waals surface area contributed by atoms with Crippen molar-refractivity contribution in [1.82, 2.24) is 9.97 Å². The fourth-order valence-electron chi connectivity index (χ4n) is 3.69. The first kappa shape index (κ1) is 18.1.